The minimum atomic E-state index is 0.440. The van der Waals surface area contributed by atoms with Gasteiger partial charge in [-0.15, -0.1) is 0 Å². The van der Waals surface area contributed by atoms with Crippen LogP contribution in [0.3, 0.4) is 0 Å². The molecule has 1 heterocycles. The summed E-state index contributed by atoms with van der Waals surface area (Å²) in [5.74, 6) is 0.786. The van der Waals surface area contributed by atoms with Crippen molar-refractivity contribution in [3.05, 3.63) is 0 Å². The first-order valence-electron chi connectivity index (χ1n) is 8.77. The van der Waals surface area contributed by atoms with Crippen LogP contribution in [0.4, 0.5) is 0 Å². The summed E-state index contributed by atoms with van der Waals surface area (Å²) in [4.78, 5) is 2.77. The van der Waals surface area contributed by atoms with E-state index in [0.717, 1.165) is 19.1 Å². The molecule has 0 aromatic rings. The van der Waals surface area contributed by atoms with Crippen LogP contribution in [0.2, 0.25) is 0 Å². The third kappa shape index (κ3) is 3.96. The second kappa shape index (κ2) is 7.77. The van der Waals surface area contributed by atoms with Crippen LogP contribution in [-0.2, 0) is 4.74 Å². The Balaban J connectivity index is 1.91. The summed E-state index contributed by atoms with van der Waals surface area (Å²) in [6.07, 6.45) is 8.03. The van der Waals surface area contributed by atoms with Gasteiger partial charge in [0, 0.05) is 44.4 Å². The van der Waals surface area contributed by atoms with Crippen molar-refractivity contribution in [3.63, 3.8) is 0 Å². The van der Waals surface area contributed by atoms with Gasteiger partial charge in [0.05, 0.1) is 0 Å². The molecule has 0 aromatic heterocycles. The van der Waals surface area contributed by atoms with E-state index in [1.165, 1.54) is 58.2 Å². The van der Waals surface area contributed by atoms with E-state index in [9.17, 15) is 0 Å². The predicted molar refractivity (Wildman–Crippen MR) is 85.1 cm³/mol. The minimum Gasteiger partial charge on any atom is -0.382 e. The Hall–Kier alpha value is -0.120. The van der Waals surface area contributed by atoms with Gasteiger partial charge in [-0.1, -0.05) is 33.1 Å². The molecule has 118 valence electrons. The van der Waals surface area contributed by atoms with Crippen molar-refractivity contribution in [2.24, 2.45) is 5.92 Å². The highest BCUT2D eigenvalue weighted by Gasteiger charge is 2.41. The van der Waals surface area contributed by atoms with Crippen LogP contribution in [0.25, 0.3) is 0 Å². The van der Waals surface area contributed by atoms with Gasteiger partial charge in [0.1, 0.15) is 0 Å². The Morgan fingerprint density at radius 1 is 1.30 bits per heavy atom. The standard InChI is InChI=1S/C17H34N2O/c1-4-15(3)16-13-18-17(9-6-7-10-17)14-19(16)11-8-12-20-5-2/h15-16,18H,4-14H2,1-3H3. The van der Waals surface area contributed by atoms with Crippen molar-refractivity contribution < 1.29 is 4.74 Å². The highest BCUT2D eigenvalue weighted by Crippen LogP contribution is 2.34. The van der Waals surface area contributed by atoms with Gasteiger partial charge in [-0.3, -0.25) is 4.90 Å². The molecule has 3 nitrogen and oxygen atoms in total. The molecular formula is C17H34N2O. The van der Waals surface area contributed by atoms with Gasteiger partial charge in [0.15, 0.2) is 0 Å². The number of piperazine rings is 1. The van der Waals surface area contributed by atoms with Crippen LogP contribution in [-0.4, -0.2) is 49.3 Å². The summed E-state index contributed by atoms with van der Waals surface area (Å²) in [7, 11) is 0. The van der Waals surface area contributed by atoms with Crippen LogP contribution in [0, 0.1) is 5.92 Å². The lowest BCUT2D eigenvalue weighted by Gasteiger charge is -2.48. The van der Waals surface area contributed by atoms with Crippen molar-refractivity contribution in [2.45, 2.75) is 70.9 Å². The highest BCUT2D eigenvalue weighted by molar-refractivity contribution is 5.01. The molecule has 0 amide bonds. The molecule has 0 bridgehead atoms. The van der Waals surface area contributed by atoms with E-state index in [0.29, 0.717) is 11.6 Å². The number of ether oxygens (including phenoxy) is 1. The fraction of sp³-hybridized carbons (Fsp3) is 1.00. The average Bonchev–Trinajstić information content (AvgIpc) is 2.91. The maximum absolute atomic E-state index is 5.52. The van der Waals surface area contributed by atoms with E-state index in [1.54, 1.807) is 0 Å². The van der Waals surface area contributed by atoms with Crippen molar-refractivity contribution >= 4 is 0 Å². The molecule has 2 aliphatic rings. The maximum atomic E-state index is 5.52. The molecule has 1 aliphatic carbocycles. The van der Waals surface area contributed by atoms with Gasteiger partial charge in [-0.05, 0) is 32.1 Å². The predicted octanol–water partition coefficient (Wildman–Crippen LogP) is 3.05. The molecule has 1 N–H and O–H groups in total. The van der Waals surface area contributed by atoms with Crippen LogP contribution in [0.5, 0.6) is 0 Å². The molecule has 0 aromatic carbocycles. The second-order valence-electron chi connectivity index (χ2n) is 6.84. The molecule has 2 unspecified atom stereocenters. The fourth-order valence-corrected chi connectivity index (χ4v) is 3.99. The topological polar surface area (TPSA) is 24.5 Å². The van der Waals surface area contributed by atoms with Crippen molar-refractivity contribution in [3.8, 4) is 0 Å². The van der Waals surface area contributed by atoms with Gasteiger partial charge in [0.25, 0.3) is 0 Å². The SMILES string of the molecule is CCOCCCN1CC2(CCCC2)NCC1C(C)CC. The van der Waals surface area contributed by atoms with Crippen LogP contribution in [0.15, 0.2) is 0 Å². The smallest absolute Gasteiger partial charge is 0.0478 e. The Bertz CT molecular complexity index is 276. The van der Waals surface area contributed by atoms with E-state index in [-0.39, 0.29) is 0 Å². The zero-order chi connectivity index (χ0) is 14.4. The molecule has 2 atom stereocenters. The third-order valence-corrected chi connectivity index (χ3v) is 5.46. The average molecular weight is 282 g/mol. The molecule has 2 rings (SSSR count). The zero-order valence-electron chi connectivity index (χ0n) is 13.8. The Morgan fingerprint density at radius 2 is 2.05 bits per heavy atom. The molecule has 0 radical (unpaired) electrons. The first-order valence-corrected chi connectivity index (χ1v) is 8.77. The van der Waals surface area contributed by atoms with Gasteiger partial charge >= 0.3 is 0 Å². The van der Waals surface area contributed by atoms with E-state index in [4.69, 9.17) is 4.74 Å². The van der Waals surface area contributed by atoms with Gasteiger partial charge in [-0.2, -0.15) is 0 Å². The number of nitrogens with zero attached hydrogens (tertiary/aromatic N) is 1. The van der Waals surface area contributed by atoms with Crippen molar-refractivity contribution in [2.75, 3.05) is 32.8 Å². The Kier molecular flexibility index (Phi) is 6.31. The summed E-state index contributed by atoms with van der Waals surface area (Å²) < 4.78 is 5.52. The van der Waals surface area contributed by atoms with Crippen LogP contribution < -0.4 is 5.32 Å². The summed E-state index contributed by atoms with van der Waals surface area (Å²) in [5, 5.41) is 3.92. The summed E-state index contributed by atoms with van der Waals surface area (Å²) >= 11 is 0. The first kappa shape index (κ1) is 16.3. The number of hydrogen-bond donors (Lipinski definition) is 1. The Labute approximate surface area is 125 Å². The van der Waals surface area contributed by atoms with Gasteiger partial charge < -0.3 is 10.1 Å². The number of rotatable bonds is 7. The molecule has 3 heteroatoms. The third-order valence-electron chi connectivity index (χ3n) is 5.46. The second-order valence-corrected chi connectivity index (χ2v) is 6.84. The van der Waals surface area contributed by atoms with Crippen molar-refractivity contribution in [1.82, 2.24) is 10.2 Å². The molecule has 1 saturated heterocycles. The quantitative estimate of drug-likeness (QED) is 0.726. The lowest BCUT2D eigenvalue weighted by Crippen LogP contribution is -2.64. The molecule has 1 saturated carbocycles. The maximum Gasteiger partial charge on any atom is 0.0478 e. The molecular weight excluding hydrogens is 248 g/mol. The molecule has 20 heavy (non-hydrogen) atoms. The van der Waals surface area contributed by atoms with E-state index in [2.05, 4.69) is 31.0 Å². The lowest BCUT2D eigenvalue weighted by molar-refractivity contribution is 0.0417. The molecule has 1 spiro atoms. The van der Waals surface area contributed by atoms with Crippen molar-refractivity contribution in [1.29, 1.82) is 0 Å². The molecule has 1 aliphatic heterocycles. The minimum absolute atomic E-state index is 0.440. The fourth-order valence-electron chi connectivity index (χ4n) is 3.99. The number of hydrogen-bond acceptors (Lipinski definition) is 3. The van der Waals surface area contributed by atoms with Crippen LogP contribution in [0.1, 0.15) is 59.3 Å². The van der Waals surface area contributed by atoms with Gasteiger partial charge in [0.2, 0.25) is 0 Å². The summed E-state index contributed by atoms with van der Waals surface area (Å²) in [6.45, 7) is 12.2. The van der Waals surface area contributed by atoms with Gasteiger partial charge in [-0.25, -0.2) is 0 Å². The normalized spacial score (nSPS) is 28.1. The van der Waals surface area contributed by atoms with E-state index >= 15 is 0 Å². The largest absolute Gasteiger partial charge is 0.382 e. The highest BCUT2D eigenvalue weighted by atomic mass is 16.5. The van der Waals surface area contributed by atoms with E-state index in [1.807, 2.05) is 0 Å². The lowest BCUT2D eigenvalue weighted by atomic mass is 9.87. The number of nitrogens with one attached hydrogen (secondary N) is 1. The first-order chi connectivity index (χ1) is 9.71. The van der Waals surface area contributed by atoms with E-state index < -0.39 is 0 Å². The zero-order valence-corrected chi connectivity index (χ0v) is 13.8. The summed E-state index contributed by atoms with van der Waals surface area (Å²) in [5.41, 5.74) is 0.440. The van der Waals surface area contributed by atoms with Crippen LogP contribution >= 0.6 is 0 Å². The summed E-state index contributed by atoms with van der Waals surface area (Å²) in [6, 6.07) is 0.716. The molecule has 2 fully saturated rings. The Morgan fingerprint density at radius 3 is 2.70 bits per heavy atom. The monoisotopic (exact) mass is 282 g/mol.